The van der Waals surface area contributed by atoms with Gasteiger partial charge >= 0.3 is 0 Å². The predicted molar refractivity (Wildman–Crippen MR) is 71.0 cm³/mol. The highest BCUT2D eigenvalue weighted by Crippen LogP contribution is 2.43. The largest absolute Gasteiger partial charge is 0.484 e. The molecule has 0 amide bonds. The summed E-state index contributed by atoms with van der Waals surface area (Å²) in [5, 5.41) is 10.9. The summed E-state index contributed by atoms with van der Waals surface area (Å²) < 4.78 is 5.79. The van der Waals surface area contributed by atoms with Crippen molar-refractivity contribution in [3.63, 3.8) is 0 Å². The smallest absolute Gasteiger partial charge is 0.270 e. The maximum Gasteiger partial charge on any atom is 0.270 e. The highest BCUT2D eigenvalue weighted by Gasteiger charge is 2.26. The van der Waals surface area contributed by atoms with Gasteiger partial charge in [-0.15, -0.1) is 0 Å². The van der Waals surface area contributed by atoms with E-state index < -0.39 is 4.92 Å². The highest BCUT2D eigenvalue weighted by molar-refractivity contribution is 5.77. The molecule has 0 aromatic heterocycles. The molecule has 19 heavy (non-hydrogen) atoms. The second kappa shape index (κ2) is 4.37. The molecule has 2 aromatic rings. The number of ether oxygens (including phenoxy) is 1. The van der Waals surface area contributed by atoms with E-state index in [0.717, 1.165) is 16.7 Å². The first-order valence-corrected chi connectivity index (χ1v) is 5.95. The Balaban J connectivity index is 2.21. The summed E-state index contributed by atoms with van der Waals surface area (Å²) in [6, 6.07) is 12.3. The number of nitro groups is 1. The maximum atomic E-state index is 10.9. The van der Waals surface area contributed by atoms with E-state index in [1.54, 1.807) is 12.1 Å². The van der Waals surface area contributed by atoms with Crippen LogP contribution in [0.3, 0.4) is 0 Å². The van der Waals surface area contributed by atoms with E-state index >= 15 is 0 Å². The third-order valence-corrected chi connectivity index (χ3v) is 3.26. The number of benzene rings is 2. The molecule has 1 atom stereocenters. The third-order valence-electron chi connectivity index (χ3n) is 3.26. The molecule has 2 N–H and O–H groups in total. The van der Waals surface area contributed by atoms with Crippen LogP contribution in [0, 0.1) is 10.1 Å². The fraction of sp³-hybridized carbons (Fsp3) is 0.143. The van der Waals surface area contributed by atoms with Crippen LogP contribution in [0.4, 0.5) is 5.69 Å². The molecule has 96 valence electrons. The number of fused-ring (bicyclic) bond motifs is 3. The molecule has 0 radical (unpaired) electrons. The van der Waals surface area contributed by atoms with E-state index in [-0.39, 0.29) is 11.8 Å². The normalized spacial score (nSPS) is 16.2. The maximum absolute atomic E-state index is 10.9. The second-order valence-electron chi connectivity index (χ2n) is 4.37. The molecule has 3 rings (SSSR count). The number of hydrogen-bond donors (Lipinski definition) is 1. The van der Waals surface area contributed by atoms with E-state index in [2.05, 4.69) is 0 Å². The van der Waals surface area contributed by atoms with Crippen molar-refractivity contribution in [3.05, 3.63) is 58.1 Å². The van der Waals surface area contributed by atoms with Crippen LogP contribution in [0.2, 0.25) is 0 Å². The number of rotatable bonds is 2. The van der Waals surface area contributed by atoms with Crippen molar-refractivity contribution >= 4 is 5.69 Å². The Morgan fingerprint density at radius 2 is 2.00 bits per heavy atom. The number of nitrogens with zero attached hydrogens (tertiary/aromatic N) is 1. The van der Waals surface area contributed by atoms with Gasteiger partial charge in [-0.2, -0.15) is 0 Å². The predicted octanol–water partition coefficient (Wildman–Crippen LogP) is 2.65. The van der Waals surface area contributed by atoms with E-state index in [0.29, 0.717) is 12.3 Å². The summed E-state index contributed by atoms with van der Waals surface area (Å²) in [7, 11) is 0. The lowest BCUT2D eigenvalue weighted by atomic mass is 9.92. The van der Waals surface area contributed by atoms with Crippen molar-refractivity contribution in [1.82, 2.24) is 0 Å². The Bertz CT molecular complexity index is 655. The van der Waals surface area contributed by atoms with Crippen LogP contribution in [0.15, 0.2) is 42.5 Å². The van der Waals surface area contributed by atoms with Crippen LogP contribution in [0.1, 0.15) is 11.7 Å². The Kier molecular flexibility index (Phi) is 2.68. The Morgan fingerprint density at radius 3 is 2.74 bits per heavy atom. The lowest BCUT2D eigenvalue weighted by molar-refractivity contribution is -0.384. The van der Waals surface area contributed by atoms with Crippen LogP contribution < -0.4 is 10.5 Å². The van der Waals surface area contributed by atoms with Crippen molar-refractivity contribution in [1.29, 1.82) is 0 Å². The lowest BCUT2D eigenvalue weighted by Gasteiger charge is -2.27. The van der Waals surface area contributed by atoms with Gasteiger partial charge in [0.15, 0.2) is 0 Å². The molecule has 1 heterocycles. The molecule has 5 heteroatoms. The summed E-state index contributed by atoms with van der Waals surface area (Å²) in [6.07, 6.45) is -0.204. The zero-order valence-electron chi connectivity index (χ0n) is 10.1. The fourth-order valence-electron chi connectivity index (χ4n) is 2.36. The van der Waals surface area contributed by atoms with Crippen LogP contribution in [-0.4, -0.2) is 11.5 Å². The van der Waals surface area contributed by atoms with E-state index in [9.17, 15) is 10.1 Å². The van der Waals surface area contributed by atoms with Crippen LogP contribution >= 0.6 is 0 Å². The average Bonchev–Trinajstić information content (AvgIpc) is 2.45. The van der Waals surface area contributed by atoms with E-state index in [4.69, 9.17) is 10.5 Å². The summed E-state index contributed by atoms with van der Waals surface area (Å²) in [6.45, 7) is 0.368. The SMILES string of the molecule is NCC1Oc2ccc([N+](=O)[O-])cc2-c2ccccc21. The Labute approximate surface area is 109 Å². The summed E-state index contributed by atoms with van der Waals surface area (Å²) in [5.74, 6) is 0.639. The molecule has 1 aliphatic heterocycles. The fourth-order valence-corrected chi connectivity index (χ4v) is 2.36. The molecule has 0 bridgehead atoms. The van der Waals surface area contributed by atoms with Gasteiger partial charge in [-0.1, -0.05) is 24.3 Å². The summed E-state index contributed by atoms with van der Waals surface area (Å²) in [5.41, 5.74) is 8.44. The quantitative estimate of drug-likeness (QED) is 0.661. The van der Waals surface area contributed by atoms with Gasteiger partial charge in [0.05, 0.1) is 4.92 Å². The lowest BCUT2D eigenvalue weighted by Crippen LogP contribution is -2.22. The van der Waals surface area contributed by atoms with Gasteiger partial charge < -0.3 is 10.5 Å². The van der Waals surface area contributed by atoms with Crippen LogP contribution in [0.25, 0.3) is 11.1 Å². The van der Waals surface area contributed by atoms with Crippen molar-refractivity contribution in [2.75, 3.05) is 6.54 Å². The molecule has 0 aliphatic carbocycles. The zero-order chi connectivity index (χ0) is 13.4. The molecule has 1 unspecified atom stereocenters. The molecule has 0 saturated carbocycles. The second-order valence-corrected chi connectivity index (χ2v) is 4.37. The van der Waals surface area contributed by atoms with Gasteiger partial charge in [-0.3, -0.25) is 10.1 Å². The number of non-ortho nitro benzene ring substituents is 1. The Hall–Kier alpha value is -2.40. The van der Waals surface area contributed by atoms with E-state index in [1.807, 2.05) is 24.3 Å². The van der Waals surface area contributed by atoms with Gasteiger partial charge in [0.1, 0.15) is 11.9 Å². The first-order chi connectivity index (χ1) is 9.20. The minimum atomic E-state index is -0.405. The Morgan fingerprint density at radius 1 is 1.21 bits per heavy atom. The van der Waals surface area contributed by atoms with E-state index in [1.165, 1.54) is 6.07 Å². The van der Waals surface area contributed by atoms with Crippen LogP contribution in [0.5, 0.6) is 5.75 Å². The van der Waals surface area contributed by atoms with Gasteiger partial charge in [-0.05, 0) is 11.6 Å². The van der Waals surface area contributed by atoms with Gasteiger partial charge in [-0.25, -0.2) is 0 Å². The number of nitrogens with two attached hydrogens (primary N) is 1. The molecule has 0 spiro atoms. The standard InChI is InChI=1S/C14H12N2O3/c15-8-14-11-4-2-1-3-10(11)12-7-9(16(17)18)5-6-13(12)19-14/h1-7,14H,8,15H2. The highest BCUT2D eigenvalue weighted by atomic mass is 16.6. The first kappa shape index (κ1) is 11.7. The van der Waals surface area contributed by atoms with Crippen molar-refractivity contribution < 1.29 is 9.66 Å². The van der Waals surface area contributed by atoms with Crippen molar-refractivity contribution in [2.45, 2.75) is 6.10 Å². The molecule has 1 aliphatic rings. The molecular formula is C14H12N2O3. The molecule has 0 fully saturated rings. The van der Waals surface area contributed by atoms with Gasteiger partial charge in [0.2, 0.25) is 0 Å². The first-order valence-electron chi connectivity index (χ1n) is 5.95. The average molecular weight is 256 g/mol. The monoisotopic (exact) mass is 256 g/mol. The number of nitro benzene ring substituents is 1. The van der Waals surface area contributed by atoms with Crippen LogP contribution in [-0.2, 0) is 0 Å². The molecular weight excluding hydrogens is 244 g/mol. The minimum absolute atomic E-state index is 0.0587. The molecule has 0 saturated heterocycles. The van der Waals surface area contributed by atoms with Gasteiger partial charge in [0, 0.05) is 29.8 Å². The molecule has 2 aromatic carbocycles. The summed E-state index contributed by atoms with van der Waals surface area (Å²) >= 11 is 0. The zero-order valence-corrected chi connectivity index (χ0v) is 10.1. The number of hydrogen-bond acceptors (Lipinski definition) is 4. The summed E-state index contributed by atoms with van der Waals surface area (Å²) in [4.78, 5) is 10.5. The van der Waals surface area contributed by atoms with Crippen molar-refractivity contribution in [3.8, 4) is 16.9 Å². The van der Waals surface area contributed by atoms with Crippen molar-refractivity contribution in [2.24, 2.45) is 5.73 Å². The third kappa shape index (κ3) is 1.84. The topological polar surface area (TPSA) is 78.4 Å². The van der Waals surface area contributed by atoms with Gasteiger partial charge in [0.25, 0.3) is 5.69 Å². The molecule has 5 nitrogen and oxygen atoms in total. The minimum Gasteiger partial charge on any atom is -0.484 e.